The minimum absolute atomic E-state index is 0.0692. The van der Waals surface area contributed by atoms with Gasteiger partial charge in [-0.2, -0.15) is 0 Å². The fourth-order valence-corrected chi connectivity index (χ4v) is 3.80. The van der Waals surface area contributed by atoms with E-state index in [1.807, 2.05) is 41.5 Å². The molecule has 2 N–H and O–H groups in total. The molecule has 0 fully saturated rings. The minimum atomic E-state index is -1.06. The molecule has 0 spiro atoms. The number of ether oxygens (including phenoxy) is 10. The van der Waals surface area contributed by atoms with Crippen LogP contribution in [0.5, 0.6) is 0 Å². The summed E-state index contributed by atoms with van der Waals surface area (Å²) in [7, 11) is 0. The zero-order valence-corrected chi connectivity index (χ0v) is 39.5. The second-order valence-electron chi connectivity index (χ2n) is 18.1. The highest BCUT2D eigenvalue weighted by atomic mass is 16.8. The number of hydrogen-bond donors (Lipinski definition) is 2. The molecule has 0 aromatic carbocycles. The number of hydrogen-bond acceptors (Lipinski definition) is 17. The summed E-state index contributed by atoms with van der Waals surface area (Å²) in [4.78, 5) is 58.7. The summed E-state index contributed by atoms with van der Waals surface area (Å²) < 4.78 is 50.6. The van der Waals surface area contributed by atoms with Crippen LogP contribution < -0.4 is 0 Å². The lowest BCUT2D eigenvalue weighted by Crippen LogP contribution is -2.40. The maximum absolute atomic E-state index is 12.2. The summed E-state index contributed by atoms with van der Waals surface area (Å²) >= 11 is 0. The van der Waals surface area contributed by atoms with E-state index in [4.69, 9.17) is 52.8 Å². The third-order valence-electron chi connectivity index (χ3n) is 5.90. The fraction of sp³-hybridized carbons (Fsp3) is 0.881. The number of carbonyl (C=O) groups excluding carboxylic acids is 5. The van der Waals surface area contributed by atoms with Gasteiger partial charge in [0.1, 0.15) is 28.0 Å². The van der Waals surface area contributed by atoms with Gasteiger partial charge < -0.3 is 62.5 Å². The Morgan fingerprint density at radius 1 is 0.400 bits per heavy atom. The molecular formula is C42H81NO17. The van der Waals surface area contributed by atoms with E-state index in [2.05, 4.69) is 4.74 Å². The Labute approximate surface area is 359 Å². The lowest BCUT2D eigenvalue weighted by Gasteiger charge is -2.27. The summed E-state index contributed by atoms with van der Waals surface area (Å²) in [6.07, 6.45) is 0.832. The van der Waals surface area contributed by atoms with Gasteiger partial charge in [-0.15, -0.1) is 0 Å². The molecule has 0 aliphatic rings. The Bertz CT molecular complexity index is 1130. The first-order chi connectivity index (χ1) is 27.4. The van der Waals surface area contributed by atoms with E-state index in [1.165, 1.54) is 4.90 Å². The molecule has 0 atom stereocenters. The number of nitrogens with zero attached hydrogens (tertiary/aromatic N) is 1. The second-order valence-corrected chi connectivity index (χ2v) is 18.1. The van der Waals surface area contributed by atoms with E-state index < -0.39 is 46.4 Å². The van der Waals surface area contributed by atoms with Crippen molar-refractivity contribution in [3.63, 3.8) is 0 Å². The fourth-order valence-electron chi connectivity index (χ4n) is 3.80. The minimum Gasteiger partial charge on any atom is -0.460 e. The van der Waals surface area contributed by atoms with Gasteiger partial charge >= 0.3 is 30.3 Å². The van der Waals surface area contributed by atoms with Crippen LogP contribution in [0.4, 0.5) is 14.4 Å². The van der Waals surface area contributed by atoms with Crippen LogP contribution in [-0.4, -0.2) is 153 Å². The van der Waals surface area contributed by atoms with Gasteiger partial charge in [0.2, 0.25) is 0 Å². The summed E-state index contributed by atoms with van der Waals surface area (Å²) in [5.41, 5.74) is -2.93. The zero-order valence-electron chi connectivity index (χ0n) is 39.5. The molecule has 18 heteroatoms. The first kappa shape index (κ1) is 61.0. The zero-order chi connectivity index (χ0) is 47.1. The van der Waals surface area contributed by atoms with E-state index >= 15 is 0 Å². The van der Waals surface area contributed by atoms with Gasteiger partial charge in [-0.25, -0.2) is 14.4 Å². The molecule has 0 aliphatic carbocycles. The molecule has 0 bridgehead atoms. The molecule has 0 heterocycles. The molecule has 0 aromatic rings. The van der Waals surface area contributed by atoms with E-state index in [9.17, 15) is 24.0 Å². The van der Waals surface area contributed by atoms with Crippen LogP contribution in [0.25, 0.3) is 0 Å². The van der Waals surface area contributed by atoms with Crippen LogP contribution in [0.15, 0.2) is 0 Å². The van der Waals surface area contributed by atoms with Crippen molar-refractivity contribution < 1.29 is 81.6 Å². The number of aliphatic hydroxyl groups excluding tert-OH is 2. The molecular weight excluding hydrogens is 790 g/mol. The quantitative estimate of drug-likeness (QED) is 0.0496. The van der Waals surface area contributed by atoms with Crippen LogP contribution in [0.1, 0.15) is 136 Å². The van der Waals surface area contributed by atoms with Gasteiger partial charge in [-0.3, -0.25) is 9.59 Å². The van der Waals surface area contributed by atoms with Crippen LogP contribution >= 0.6 is 0 Å². The van der Waals surface area contributed by atoms with Crippen molar-refractivity contribution >= 4 is 30.3 Å². The highest BCUT2D eigenvalue weighted by molar-refractivity contribution is 5.77. The monoisotopic (exact) mass is 872 g/mol. The molecule has 18 nitrogen and oxygen atoms in total. The van der Waals surface area contributed by atoms with Crippen molar-refractivity contribution in [1.29, 1.82) is 0 Å². The SMILES string of the molecule is CC(C)(C)OC(=O)CCOCCCCCOCCO.CC(C)(C)OC(=O)CCOCCN(CCOCCO)C(=O)OC(C)(C)C.CC(C)(C)OC(=O)OC(=O)OC(C)(C)C. The standard InChI is InChI=1S/C18H35NO7.C14H28O5.C10H18O5/c1-17(2,3)25-15(21)7-11-23-12-8-19(9-13-24-14-10-20)16(22)26-18(4,5)6;1-14(2,3)19-13(16)7-11-17-9-5-4-6-10-18-12-8-15;1-9(2,3)14-7(11)13-8(12)15-10(4,5)6/h20H,7-14H2,1-6H3;15H,4-12H2,1-3H3;1-6H3. The smallest absolute Gasteiger partial charge is 0.460 e. The van der Waals surface area contributed by atoms with E-state index in [-0.39, 0.29) is 58.0 Å². The average Bonchev–Trinajstić information content (AvgIpc) is 3.02. The van der Waals surface area contributed by atoms with Crippen LogP contribution in [-0.2, 0) is 57.0 Å². The summed E-state index contributed by atoms with van der Waals surface area (Å²) in [5, 5.41) is 17.2. The Morgan fingerprint density at radius 2 is 0.717 bits per heavy atom. The largest absolute Gasteiger partial charge is 0.519 e. The van der Waals surface area contributed by atoms with Gasteiger partial charge in [-0.05, 0) is 123 Å². The number of amides is 1. The van der Waals surface area contributed by atoms with Crippen molar-refractivity contribution in [2.75, 3.05) is 79.2 Å². The lowest BCUT2D eigenvalue weighted by molar-refractivity contribution is -0.157. The number of esters is 2. The van der Waals surface area contributed by atoms with E-state index in [0.717, 1.165) is 19.3 Å². The van der Waals surface area contributed by atoms with E-state index in [0.29, 0.717) is 45.9 Å². The predicted octanol–water partition coefficient (Wildman–Crippen LogP) is 6.77. The molecule has 0 aromatic heterocycles. The molecule has 0 saturated heterocycles. The summed E-state index contributed by atoms with van der Waals surface area (Å²) in [5.74, 6) is -0.538. The molecule has 356 valence electrons. The lowest BCUT2D eigenvalue weighted by atomic mass is 10.2. The molecule has 1 amide bonds. The van der Waals surface area contributed by atoms with Gasteiger partial charge in [0.15, 0.2) is 0 Å². The van der Waals surface area contributed by atoms with Crippen molar-refractivity contribution in [1.82, 2.24) is 4.90 Å². The Hall–Kier alpha value is -3.29. The van der Waals surface area contributed by atoms with Crippen LogP contribution in [0.2, 0.25) is 0 Å². The van der Waals surface area contributed by atoms with Gasteiger partial charge in [0.05, 0.1) is 65.7 Å². The molecule has 60 heavy (non-hydrogen) atoms. The topological polar surface area (TPSA) is 221 Å². The maximum Gasteiger partial charge on any atom is 0.519 e. The first-order valence-electron chi connectivity index (χ1n) is 20.5. The summed E-state index contributed by atoms with van der Waals surface area (Å²) in [6.45, 7) is 30.2. The first-order valence-corrected chi connectivity index (χ1v) is 20.5. The second kappa shape index (κ2) is 32.4. The van der Waals surface area contributed by atoms with Gasteiger partial charge in [0, 0.05) is 26.3 Å². The van der Waals surface area contributed by atoms with E-state index in [1.54, 1.807) is 62.3 Å². The molecule has 0 unspecified atom stereocenters. The van der Waals surface area contributed by atoms with Gasteiger partial charge in [-0.1, -0.05) is 0 Å². The normalized spacial score (nSPS) is 11.8. The van der Waals surface area contributed by atoms with Crippen molar-refractivity contribution in [2.45, 2.75) is 164 Å². The Balaban J connectivity index is -0.000000847. The third-order valence-corrected chi connectivity index (χ3v) is 5.90. The number of rotatable bonds is 22. The predicted molar refractivity (Wildman–Crippen MR) is 224 cm³/mol. The Morgan fingerprint density at radius 3 is 1.05 bits per heavy atom. The maximum atomic E-state index is 12.2. The number of aliphatic hydroxyl groups is 2. The van der Waals surface area contributed by atoms with Crippen LogP contribution in [0.3, 0.4) is 0 Å². The summed E-state index contributed by atoms with van der Waals surface area (Å²) in [6, 6.07) is 0. The molecule has 0 aliphatic heterocycles. The van der Waals surface area contributed by atoms with Crippen molar-refractivity contribution in [3.8, 4) is 0 Å². The van der Waals surface area contributed by atoms with Crippen LogP contribution in [0, 0.1) is 0 Å². The number of unbranched alkanes of at least 4 members (excludes halogenated alkanes) is 2. The highest BCUT2D eigenvalue weighted by Gasteiger charge is 2.25. The number of carbonyl (C=O) groups is 5. The molecule has 0 saturated carbocycles. The van der Waals surface area contributed by atoms with Crippen molar-refractivity contribution in [2.24, 2.45) is 0 Å². The highest BCUT2D eigenvalue weighted by Crippen LogP contribution is 2.13. The third kappa shape index (κ3) is 50.9. The molecule has 0 rings (SSSR count). The average molecular weight is 872 g/mol. The Kier molecular flexibility index (Phi) is 33.0. The van der Waals surface area contributed by atoms with Crippen molar-refractivity contribution in [3.05, 3.63) is 0 Å². The van der Waals surface area contributed by atoms with Gasteiger partial charge in [0.25, 0.3) is 0 Å². The molecule has 0 radical (unpaired) electrons.